The van der Waals surface area contributed by atoms with E-state index in [1.807, 2.05) is 54.6 Å². The molecule has 0 atom stereocenters. The molecule has 1 nitrogen and oxygen atoms in total. The average Bonchev–Trinajstić information content (AvgIpc) is 2.72. The number of rotatable bonds is 1. The van der Waals surface area contributed by atoms with Gasteiger partial charge in [-0.15, -0.1) is 0 Å². The maximum Gasteiger partial charge on any atom is 0.135 e. The zero-order chi connectivity index (χ0) is 11.0. The molecule has 0 aliphatic rings. The van der Waals surface area contributed by atoms with Gasteiger partial charge in [-0.25, -0.2) is 0 Å². The second-order valence-electron chi connectivity index (χ2n) is 3.66. The summed E-state index contributed by atoms with van der Waals surface area (Å²) in [5.41, 5.74) is 1.90. The molecule has 0 saturated heterocycles. The smallest absolute Gasteiger partial charge is 0.135 e. The Morgan fingerprint density at radius 2 is 1.75 bits per heavy atom. The molecule has 78 valence electrons. The van der Waals surface area contributed by atoms with Crippen molar-refractivity contribution in [3.8, 4) is 11.3 Å². The number of benzene rings is 2. The molecule has 0 bridgehead atoms. The van der Waals surface area contributed by atoms with Gasteiger partial charge in [-0.3, -0.25) is 0 Å². The predicted octanol–water partition coefficient (Wildman–Crippen LogP) is 4.75. The minimum absolute atomic E-state index is 0.720. The van der Waals surface area contributed by atoms with Gasteiger partial charge in [0.25, 0.3) is 0 Å². The van der Waals surface area contributed by atoms with Crippen molar-refractivity contribution in [2.75, 3.05) is 0 Å². The third-order valence-electron chi connectivity index (χ3n) is 2.53. The lowest BCUT2D eigenvalue weighted by molar-refractivity contribution is 0.631. The Hall–Kier alpha value is -1.73. The van der Waals surface area contributed by atoms with Crippen molar-refractivity contribution < 1.29 is 4.42 Å². The summed E-state index contributed by atoms with van der Waals surface area (Å²) >= 11 is 5.95. The van der Waals surface area contributed by atoms with Crippen LogP contribution in [0.25, 0.3) is 22.3 Å². The van der Waals surface area contributed by atoms with Crippen LogP contribution in [0.3, 0.4) is 0 Å². The van der Waals surface area contributed by atoms with Crippen molar-refractivity contribution in [1.82, 2.24) is 0 Å². The van der Waals surface area contributed by atoms with Crippen LogP contribution in [0, 0.1) is 0 Å². The second kappa shape index (κ2) is 3.69. The monoisotopic (exact) mass is 228 g/mol. The lowest BCUT2D eigenvalue weighted by Gasteiger charge is -1.96. The van der Waals surface area contributed by atoms with Gasteiger partial charge in [-0.2, -0.15) is 0 Å². The van der Waals surface area contributed by atoms with Crippen LogP contribution in [-0.4, -0.2) is 0 Å². The maximum atomic E-state index is 5.95. The first-order valence-electron chi connectivity index (χ1n) is 5.07. The molecule has 0 amide bonds. The second-order valence-corrected chi connectivity index (χ2v) is 4.10. The van der Waals surface area contributed by atoms with Gasteiger partial charge in [0.15, 0.2) is 0 Å². The lowest BCUT2D eigenvalue weighted by Crippen LogP contribution is -1.71. The predicted molar refractivity (Wildman–Crippen MR) is 66.7 cm³/mol. The van der Waals surface area contributed by atoms with Crippen molar-refractivity contribution in [3.63, 3.8) is 0 Å². The molecule has 0 aliphatic carbocycles. The van der Waals surface area contributed by atoms with Gasteiger partial charge in [0.1, 0.15) is 11.3 Å². The van der Waals surface area contributed by atoms with Crippen molar-refractivity contribution in [2.45, 2.75) is 0 Å². The van der Waals surface area contributed by atoms with Gasteiger partial charge in [0.2, 0.25) is 0 Å². The largest absolute Gasteiger partial charge is 0.456 e. The Morgan fingerprint density at radius 1 is 0.875 bits per heavy atom. The quantitative estimate of drug-likeness (QED) is 0.586. The number of hydrogen-bond acceptors (Lipinski definition) is 1. The topological polar surface area (TPSA) is 13.1 Å². The van der Waals surface area contributed by atoms with E-state index in [0.717, 1.165) is 27.3 Å². The molecule has 1 heterocycles. The van der Waals surface area contributed by atoms with E-state index in [-0.39, 0.29) is 0 Å². The van der Waals surface area contributed by atoms with Gasteiger partial charge in [0, 0.05) is 16.0 Å². The van der Waals surface area contributed by atoms with E-state index >= 15 is 0 Å². The van der Waals surface area contributed by atoms with Gasteiger partial charge in [0.05, 0.1) is 0 Å². The molecule has 16 heavy (non-hydrogen) atoms. The van der Waals surface area contributed by atoms with Crippen LogP contribution < -0.4 is 0 Å². The highest BCUT2D eigenvalue weighted by molar-refractivity contribution is 6.30. The van der Waals surface area contributed by atoms with Crippen molar-refractivity contribution in [3.05, 3.63) is 59.6 Å². The molecule has 0 aliphatic heterocycles. The molecular formula is C14H9ClO. The number of hydrogen-bond donors (Lipinski definition) is 0. The summed E-state index contributed by atoms with van der Waals surface area (Å²) in [6.45, 7) is 0. The SMILES string of the molecule is Clc1cccc(-c2cc3ccccc3o2)c1. The van der Waals surface area contributed by atoms with E-state index in [1.165, 1.54) is 0 Å². The summed E-state index contributed by atoms with van der Waals surface area (Å²) in [5, 5.41) is 1.83. The number of fused-ring (bicyclic) bond motifs is 1. The Balaban J connectivity index is 2.19. The number of para-hydroxylation sites is 1. The fraction of sp³-hybridized carbons (Fsp3) is 0. The third kappa shape index (κ3) is 1.59. The first-order valence-corrected chi connectivity index (χ1v) is 5.45. The van der Waals surface area contributed by atoms with E-state index in [9.17, 15) is 0 Å². The molecule has 0 radical (unpaired) electrons. The molecule has 1 aromatic heterocycles. The summed E-state index contributed by atoms with van der Waals surface area (Å²) in [4.78, 5) is 0. The maximum absolute atomic E-state index is 5.95. The summed E-state index contributed by atoms with van der Waals surface area (Å²) in [6, 6.07) is 17.7. The minimum atomic E-state index is 0.720. The highest BCUT2D eigenvalue weighted by Gasteiger charge is 2.05. The fourth-order valence-electron chi connectivity index (χ4n) is 1.77. The third-order valence-corrected chi connectivity index (χ3v) is 2.77. The first kappa shape index (κ1) is 9.49. The van der Waals surface area contributed by atoms with Gasteiger partial charge < -0.3 is 4.42 Å². The van der Waals surface area contributed by atoms with E-state index < -0.39 is 0 Å². The summed E-state index contributed by atoms with van der Waals surface area (Å²) in [6.07, 6.45) is 0. The van der Waals surface area contributed by atoms with E-state index in [4.69, 9.17) is 16.0 Å². The highest BCUT2D eigenvalue weighted by Crippen LogP contribution is 2.28. The Bertz CT molecular complexity index is 607. The van der Waals surface area contributed by atoms with Crippen LogP contribution in [0.1, 0.15) is 0 Å². The van der Waals surface area contributed by atoms with Crippen LogP contribution in [0.2, 0.25) is 5.02 Å². The van der Waals surface area contributed by atoms with Crippen LogP contribution in [-0.2, 0) is 0 Å². The first-order chi connectivity index (χ1) is 7.83. The Kier molecular flexibility index (Phi) is 2.19. The van der Waals surface area contributed by atoms with Crippen molar-refractivity contribution in [1.29, 1.82) is 0 Å². The summed E-state index contributed by atoms with van der Waals surface area (Å²) in [5.74, 6) is 0.851. The molecule has 0 spiro atoms. The Labute approximate surface area is 98.3 Å². The normalized spacial score (nSPS) is 10.8. The number of halogens is 1. The van der Waals surface area contributed by atoms with Crippen LogP contribution in [0.15, 0.2) is 59.0 Å². The molecule has 0 saturated carbocycles. The summed E-state index contributed by atoms with van der Waals surface area (Å²) in [7, 11) is 0. The van der Waals surface area contributed by atoms with Gasteiger partial charge in [-0.1, -0.05) is 41.9 Å². The standard InChI is InChI=1S/C14H9ClO/c15-12-6-3-5-10(8-12)14-9-11-4-1-2-7-13(11)16-14/h1-9H. The molecule has 2 heteroatoms. The molecule has 3 aromatic rings. The fourth-order valence-corrected chi connectivity index (χ4v) is 1.96. The van der Waals surface area contributed by atoms with Gasteiger partial charge in [-0.05, 0) is 24.3 Å². The molecular weight excluding hydrogens is 220 g/mol. The van der Waals surface area contributed by atoms with Crippen molar-refractivity contribution in [2.24, 2.45) is 0 Å². The molecule has 0 fully saturated rings. The van der Waals surface area contributed by atoms with Crippen molar-refractivity contribution >= 4 is 22.6 Å². The molecule has 3 rings (SSSR count). The molecule has 0 unspecified atom stereocenters. The van der Waals surface area contributed by atoms with Crippen LogP contribution in [0.5, 0.6) is 0 Å². The number of furan rings is 1. The lowest BCUT2D eigenvalue weighted by atomic mass is 10.1. The molecule has 0 N–H and O–H groups in total. The van der Waals surface area contributed by atoms with E-state index in [1.54, 1.807) is 0 Å². The van der Waals surface area contributed by atoms with Gasteiger partial charge >= 0.3 is 0 Å². The minimum Gasteiger partial charge on any atom is -0.456 e. The van der Waals surface area contributed by atoms with E-state index in [0.29, 0.717) is 0 Å². The molecule has 2 aromatic carbocycles. The van der Waals surface area contributed by atoms with E-state index in [2.05, 4.69) is 0 Å². The van der Waals surface area contributed by atoms with Crippen LogP contribution >= 0.6 is 11.6 Å². The average molecular weight is 229 g/mol. The van der Waals surface area contributed by atoms with Crippen LogP contribution in [0.4, 0.5) is 0 Å². The summed E-state index contributed by atoms with van der Waals surface area (Å²) < 4.78 is 5.75. The zero-order valence-corrected chi connectivity index (χ0v) is 9.24. The Morgan fingerprint density at radius 3 is 2.56 bits per heavy atom. The highest BCUT2D eigenvalue weighted by atomic mass is 35.5. The zero-order valence-electron chi connectivity index (χ0n) is 8.48.